The van der Waals surface area contributed by atoms with Gasteiger partial charge in [-0.15, -0.1) is 0 Å². The molecule has 6 heteroatoms. The summed E-state index contributed by atoms with van der Waals surface area (Å²) in [5.41, 5.74) is 27.5. The Bertz CT molecular complexity index is 3930. The molecule has 3 heterocycles. The molecule has 9 aromatic rings. The molecule has 0 fully saturated rings. The van der Waals surface area contributed by atoms with Gasteiger partial charge in [-0.05, 0) is 166 Å². The van der Waals surface area contributed by atoms with E-state index in [0.29, 0.717) is 47.8 Å². The number of anilines is 2. The summed E-state index contributed by atoms with van der Waals surface area (Å²) in [4.78, 5) is 12.7. The molecule has 450 valence electrons. The molecule has 2 aliphatic rings. The van der Waals surface area contributed by atoms with Gasteiger partial charge >= 0.3 is 0 Å². The third kappa shape index (κ3) is 12.1. The summed E-state index contributed by atoms with van der Waals surface area (Å²) in [7, 11) is 2.09. The Kier molecular flexibility index (Phi) is 18.1. The molecule has 1 N–H and O–H groups in total. The van der Waals surface area contributed by atoms with Crippen molar-refractivity contribution in [3.63, 3.8) is 0 Å². The third-order valence-corrected chi connectivity index (χ3v) is 18.4. The van der Waals surface area contributed by atoms with Gasteiger partial charge in [0.05, 0.1) is 11.4 Å². The van der Waals surface area contributed by atoms with Crippen LogP contribution in [0.5, 0.6) is 0 Å². The predicted molar refractivity (Wildman–Crippen MR) is 375 cm³/mol. The van der Waals surface area contributed by atoms with E-state index in [4.69, 9.17) is 4.98 Å². The van der Waals surface area contributed by atoms with E-state index in [9.17, 15) is 5.41 Å². The van der Waals surface area contributed by atoms with Crippen LogP contribution in [-0.4, -0.2) is 27.3 Å². The first-order valence-electron chi connectivity index (χ1n) is 32.6. The fourth-order valence-corrected chi connectivity index (χ4v) is 13.8. The summed E-state index contributed by atoms with van der Waals surface area (Å²) >= 11 is 0. The summed E-state index contributed by atoms with van der Waals surface area (Å²) < 4.78 is 2.37. The van der Waals surface area contributed by atoms with Gasteiger partial charge in [-0.3, -0.25) is 9.98 Å². The first kappa shape index (κ1) is 61.2. The van der Waals surface area contributed by atoms with Crippen LogP contribution in [0, 0.1) is 12.3 Å². The Hall–Kier alpha value is -8.48. The first-order chi connectivity index (χ1) is 42.4. The standard InChI is InChI=1S/C82H92N6/c1-52(2)67-38-27-39-68(53(3)4)77(67)85(14)80(83)69-35-24-22-33-62(69)44-45-76-70-36-25-26-37-71(70)82-87(79-74(56(9)10)48-65(49-75(79)57(11)12)61-31-19-16-20-32-61)51-66(88(76)82)34-23-21-28-59-40-42-63(43-41-59)81-84-58(13)50-86(81)78-72(54(5)6)46-64(47-73(78)55(7)8)60-29-17-15-18-30-60/h15-20,22,24-27,29-33,35-43,45-57,82-83H,21,23,28,34,44H2,1-14H3. The minimum Gasteiger partial charge on any atom is -0.329 e. The Morgan fingerprint density at radius 2 is 1.02 bits per heavy atom. The van der Waals surface area contributed by atoms with Crippen LogP contribution in [0.4, 0.5) is 11.4 Å². The number of nitrogens with one attached hydrogen (secondary N) is 1. The lowest BCUT2D eigenvalue weighted by atomic mass is 9.87. The second kappa shape index (κ2) is 26.1. The molecule has 0 bridgehead atoms. The van der Waals surface area contributed by atoms with Crippen LogP contribution in [0.3, 0.4) is 0 Å². The maximum Gasteiger partial charge on any atom is 0.144 e. The molecule has 1 atom stereocenters. The van der Waals surface area contributed by atoms with E-state index in [0.717, 1.165) is 59.6 Å². The van der Waals surface area contributed by atoms with E-state index in [1.165, 1.54) is 95.1 Å². The van der Waals surface area contributed by atoms with Gasteiger partial charge in [0.2, 0.25) is 0 Å². The third-order valence-electron chi connectivity index (χ3n) is 18.4. The van der Waals surface area contributed by atoms with Crippen molar-refractivity contribution < 1.29 is 0 Å². The van der Waals surface area contributed by atoms with E-state index < -0.39 is 0 Å². The number of rotatable bonds is 20. The molecule has 1 unspecified atom stereocenters. The van der Waals surface area contributed by atoms with Crippen molar-refractivity contribution >= 4 is 22.9 Å². The van der Waals surface area contributed by atoms with Crippen LogP contribution in [0.25, 0.3) is 45.0 Å². The topological polar surface area (TPSA) is 51.4 Å². The normalized spacial score (nSPS) is 14.4. The lowest BCUT2D eigenvalue weighted by Gasteiger charge is -2.34. The summed E-state index contributed by atoms with van der Waals surface area (Å²) in [6, 6.07) is 65.1. The minimum absolute atomic E-state index is 0.0459. The molecule has 88 heavy (non-hydrogen) atoms. The highest BCUT2D eigenvalue weighted by molar-refractivity contribution is 6.09. The van der Waals surface area contributed by atoms with Crippen LogP contribution in [-0.2, 0) is 12.8 Å². The molecule has 8 aromatic carbocycles. The smallest absolute Gasteiger partial charge is 0.144 e. The van der Waals surface area contributed by atoms with Gasteiger partial charge in [0.15, 0.2) is 0 Å². The number of hydrogen-bond acceptors (Lipinski definition) is 4. The largest absolute Gasteiger partial charge is 0.329 e. The van der Waals surface area contributed by atoms with Crippen LogP contribution in [0.1, 0.15) is 211 Å². The van der Waals surface area contributed by atoms with Crippen molar-refractivity contribution in [3.8, 4) is 39.3 Å². The lowest BCUT2D eigenvalue weighted by Crippen LogP contribution is -2.29. The number of hydrogen-bond donors (Lipinski definition) is 1. The molecule has 0 radical (unpaired) electrons. The molecule has 0 saturated carbocycles. The highest BCUT2D eigenvalue weighted by Gasteiger charge is 2.44. The number of imidazole rings is 1. The summed E-state index contributed by atoms with van der Waals surface area (Å²) in [5.74, 6) is 3.37. The number of benzene rings is 8. The maximum atomic E-state index is 9.94. The van der Waals surface area contributed by atoms with E-state index in [1.807, 2.05) is 0 Å². The Morgan fingerprint density at radius 1 is 0.523 bits per heavy atom. The van der Waals surface area contributed by atoms with Crippen LogP contribution in [0.2, 0.25) is 0 Å². The molecule has 11 rings (SSSR count). The van der Waals surface area contributed by atoms with Crippen LogP contribution in [0.15, 0.2) is 200 Å². The second-order valence-electron chi connectivity index (χ2n) is 26.6. The van der Waals surface area contributed by atoms with E-state index in [-0.39, 0.29) is 6.17 Å². The number of aromatic nitrogens is 2. The van der Waals surface area contributed by atoms with Crippen molar-refractivity contribution in [1.82, 2.24) is 14.5 Å². The molecular weight excluding hydrogens is 1070 g/mol. The molecule has 0 aliphatic carbocycles. The average Bonchev–Trinajstić information content (AvgIpc) is 1.99. The highest BCUT2D eigenvalue weighted by atomic mass is 15.4. The van der Waals surface area contributed by atoms with Crippen molar-refractivity contribution in [2.45, 2.75) is 164 Å². The molecule has 1 aromatic heterocycles. The summed E-state index contributed by atoms with van der Waals surface area (Å²) in [6.45, 7) is 29.9. The average molecular weight is 1160 g/mol. The van der Waals surface area contributed by atoms with Gasteiger partial charge in [-0.25, -0.2) is 4.98 Å². The number of allylic oxidation sites excluding steroid dienone is 2. The number of unbranched alkanes of at least 4 members (excludes halogenated alkanes) is 1. The van der Waals surface area contributed by atoms with E-state index in [2.05, 4.69) is 311 Å². The van der Waals surface area contributed by atoms with Crippen molar-refractivity contribution in [2.24, 2.45) is 0 Å². The van der Waals surface area contributed by atoms with Gasteiger partial charge in [0.25, 0.3) is 0 Å². The Labute approximate surface area is 526 Å². The molecular formula is C82H92N6. The van der Waals surface area contributed by atoms with Gasteiger partial charge in [0.1, 0.15) is 17.8 Å². The number of aryl methyl sites for hydroxylation is 2. The maximum absolute atomic E-state index is 9.94. The second-order valence-corrected chi connectivity index (χ2v) is 26.6. The van der Waals surface area contributed by atoms with Crippen molar-refractivity contribution in [2.75, 3.05) is 16.8 Å². The number of para-hydroxylation sites is 1. The Morgan fingerprint density at radius 3 is 1.58 bits per heavy atom. The zero-order chi connectivity index (χ0) is 62.1. The molecule has 0 spiro atoms. The Balaban J connectivity index is 0.920. The number of nitrogens with zero attached hydrogens (tertiary/aromatic N) is 5. The molecule has 0 amide bonds. The van der Waals surface area contributed by atoms with Crippen molar-refractivity contribution in [3.05, 3.63) is 267 Å². The number of amidine groups is 1. The monoisotopic (exact) mass is 1160 g/mol. The summed E-state index contributed by atoms with van der Waals surface area (Å²) in [6.07, 6.45) is 11.9. The fourth-order valence-electron chi connectivity index (χ4n) is 13.8. The van der Waals surface area contributed by atoms with Gasteiger partial charge < -0.3 is 14.7 Å². The first-order valence-corrected chi connectivity index (χ1v) is 32.6. The number of fused-ring (bicyclic) bond motifs is 3. The quantitative estimate of drug-likeness (QED) is 0.0469. The van der Waals surface area contributed by atoms with Crippen LogP contribution < -0.4 is 9.80 Å². The molecule has 6 nitrogen and oxygen atoms in total. The van der Waals surface area contributed by atoms with Gasteiger partial charge in [-0.1, -0.05) is 241 Å². The zero-order valence-electron chi connectivity index (χ0n) is 54.8. The van der Waals surface area contributed by atoms with E-state index in [1.54, 1.807) is 0 Å². The highest BCUT2D eigenvalue weighted by Crippen LogP contribution is 2.55. The molecule has 0 saturated heterocycles. The van der Waals surface area contributed by atoms with Crippen molar-refractivity contribution in [1.29, 1.82) is 5.41 Å². The van der Waals surface area contributed by atoms with Crippen LogP contribution >= 0.6 is 0 Å². The van der Waals surface area contributed by atoms with E-state index >= 15 is 0 Å². The lowest BCUT2D eigenvalue weighted by molar-refractivity contribution is 0.406. The summed E-state index contributed by atoms with van der Waals surface area (Å²) in [5, 5.41) is 9.94. The zero-order valence-corrected chi connectivity index (χ0v) is 54.8. The minimum atomic E-state index is -0.0459. The van der Waals surface area contributed by atoms with Gasteiger partial charge in [0, 0.05) is 64.5 Å². The van der Waals surface area contributed by atoms with Gasteiger partial charge in [-0.2, -0.15) is 0 Å². The predicted octanol–water partition coefficient (Wildman–Crippen LogP) is 22.1. The fraction of sp³-hybridized carbons (Fsp3) is 0.317. The molecule has 2 aliphatic heterocycles. The SMILES string of the molecule is Cc1cn(-c2c(C(C)C)cc(-c3ccccc3)cc2C(C)C)c(-c2ccc(CCCCC3=CN(c4c(C(C)C)cc(-c5ccccc5)cc4C(C)C)C4c5ccccc5C(=CCc5ccccc5C(=N)N(C)c5c(C(C)C)cccc5C(C)C)N34)cc2)n1.